The van der Waals surface area contributed by atoms with Crippen LogP contribution in [-0.2, 0) is 9.53 Å². The molecule has 9 heteroatoms. The summed E-state index contributed by atoms with van der Waals surface area (Å²) in [6.45, 7) is 5.66. The van der Waals surface area contributed by atoms with E-state index in [1.807, 2.05) is 49.6 Å². The zero-order valence-corrected chi connectivity index (χ0v) is 19.5. The van der Waals surface area contributed by atoms with Gasteiger partial charge in [0.15, 0.2) is 5.65 Å². The molecule has 0 saturated carbocycles. The van der Waals surface area contributed by atoms with Gasteiger partial charge in [0, 0.05) is 24.0 Å². The van der Waals surface area contributed by atoms with Crippen LogP contribution in [0.5, 0.6) is 0 Å². The van der Waals surface area contributed by atoms with Crippen molar-refractivity contribution in [1.82, 2.24) is 19.7 Å². The number of aryl methyl sites for hydroxylation is 1. The van der Waals surface area contributed by atoms with E-state index in [-0.39, 0.29) is 11.9 Å². The Morgan fingerprint density at radius 2 is 2.06 bits per heavy atom. The summed E-state index contributed by atoms with van der Waals surface area (Å²) in [6.07, 6.45) is 1.43. The number of carbonyl (C=O) groups excluding carboxylic acids is 1. The molecule has 0 unspecified atom stereocenters. The Labute approximate surface area is 196 Å². The topological polar surface area (TPSA) is 99.2 Å². The van der Waals surface area contributed by atoms with Crippen LogP contribution < -0.4 is 10.6 Å². The van der Waals surface area contributed by atoms with Gasteiger partial charge in [-0.2, -0.15) is 16.3 Å². The second-order valence-corrected chi connectivity index (χ2v) is 9.01. The lowest BCUT2D eigenvalue weighted by molar-refractivity contribution is -0.148. The number of hydrogen-bond donors (Lipinski definition) is 1. The Hall–Kier alpha value is -3.46. The van der Waals surface area contributed by atoms with Crippen LogP contribution >= 0.6 is 11.3 Å². The Morgan fingerprint density at radius 3 is 2.76 bits per heavy atom. The number of fused-ring (bicyclic) bond motifs is 1. The number of nitrogens with two attached hydrogens (primary N) is 1. The van der Waals surface area contributed by atoms with Crippen molar-refractivity contribution in [3.63, 3.8) is 0 Å². The molecule has 0 amide bonds. The fourth-order valence-electron chi connectivity index (χ4n) is 4.28. The van der Waals surface area contributed by atoms with Crippen molar-refractivity contribution in [2.45, 2.75) is 26.7 Å². The van der Waals surface area contributed by atoms with Crippen molar-refractivity contribution >= 4 is 40.1 Å². The predicted molar refractivity (Wildman–Crippen MR) is 131 cm³/mol. The first-order valence-electron chi connectivity index (χ1n) is 11.1. The first kappa shape index (κ1) is 21.4. The van der Waals surface area contributed by atoms with Crippen LogP contribution in [-0.4, -0.2) is 45.4 Å². The van der Waals surface area contributed by atoms with Gasteiger partial charge in [0.1, 0.15) is 5.82 Å². The van der Waals surface area contributed by atoms with Crippen LogP contribution in [0, 0.1) is 12.8 Å². The monoisotopic (exact) mass is 462 g/mol. The minimum absolute atomic E-state index is 0.0718. The lowest BCUT2D eigenvalue weighted by Crippen LogP contribution is -2.38. The second kappa shape index (κ2) is 8.82. The van der Waals surface area contributed by atoms with E-state index in [0.717, 1.165) is 27.9 Å². The summed E-state index contributed by atoms with van der Waals surface area (Å²) in [5.41, 5.74) is 10.9. The van der Waals surface area contributed by atoms with Gasteiger partial charge in [-0.25, -0.2) is 9.67 Å². The number of piperidine rings is 1. The molecule has 0 bridgehead atoms. The molecule has 1 saturated heterocycles. The average Bonchev–Trinajstić information content (AvgIpc) is 3.47. The molecule has 4 aromatic rings. The molecule has 5 rings (SSSR count). The zero-order valence-electron chi connectivity index (χ0n) is 18.7. The number of benzene rings is 1. The lowest BCUT2D eigenvalue weighted by atomic mass is 9.97. The summed E-state index contributed by atoms with van der Waals surface area (Å²) >= 11 is 1.61. The Morgan fingerprint density at radius 1 is 1.24 bits per heavy atom. The molecule has 8 nitrogen and oxygen atoms in total. The van der Waals surface area contributed by atoms with Gasteiger partial charge in [0.05, 0.1) is 29.3 Å². The van der Waals surface area contributed by atoms with Crippen LogP contribution in [0.4, 0.5) is 11.8 Å². The van der Waals surface area contributed by atoms with Gasteiger partial charge >= 0.3 is 5.97 Å². The minimum Gasteiger partial charge on any atom is -0.466 e. The quantitative estimate of drug-likeness (QED) is 0.444. The highest BCUT2D eigenvalue weighted by molar-refractivity contribution is 7.08. The van der Waals surface area contributed by atoms with E-state index in [1.165, 1.54) is 0 Å². The number of rotatable bonds is 5. The highest BCUT2D eigenvalue weighted by Gasteiger charge is 2.28. The van der Waals surface area contributed by atoms with E-state index < -0.39 is 0 Å². The molecule has 0 atom stereocenters. The van der Waals surface area contributed by atoms with Gasteiger partial charge in [-0.3, -0.25) is 4.79 Å². The van der Waals surface area contributed by atoms with Crippen LogP contribution in [0.1, 0.15) is 25.3 Å². The first-order valence-corrected chi connectivity index (χ1v) is 12.1. The standard InChI is InChI=1S/C24H26N6O2S/c1-3-32-23(31)16-7-10-29(11-8-16)24-26-20(17-9-12-33-14-17)19-21(25)30(28-22(19)27-24)18-6-4-5-15(2)13-18/h4-6,9,12-14,16H,3,7-8,10-11,25H2,1-2H3. The highest BCUT2D eigenvalue weighted by atomic mass is 32.1. The maximum Gasteiger partial charge on any atom is 0.309 e. The summed E-state index contributed by atoms with van der Waals surface area (Å²) in [4.78, 5) is 24.0. The van der Waals surface area contributed by atoms with E-state index in [9.17, 15) is 4.79 Å². The Kier molecular flexibility index (Phi) is 5.72. The smallest absolute Gasteiger partial charge is 0.309 e. The van der Waals surface area contributed by atoms with E-state index in [1.54, 1.807) is 16.0 Å². The van der Waals surface area contributed by atoms with Crippen LogP contribution in [0.25, 0.3) is 28.0 Å². The number of hydrogen-bond acceptors (Lipinski definition) is 8. The summed E-state index contributed by atoms with van der Waals surface area (Å²) in [5.74, 6) is 0.943. The number of carbonyl (C=O) groups is 1. The van der Waals surface area contributed by atoms with Crippen LogP contribution in [0.2, 0.25) is 0 Å². The van der Waals surface area contributed by atoms with Crippen molar-refractivity contribution in [1.29, 1.82) is 0 Å². The molecule has 1 aromatic carbocycles. The number of anilines is 2. The zero-order chi connectivity index (χ0) is 22.9. The van der Waals surface area contributed by atoms with Gasteiger partial charge < -0.3 is 15.4 Å². The number of thiophene rings is 1. The molecule has 2 N–H and O–H groups in total. The lowest BCUT2D eigenvalue weighted by Gasteiger charge is -2.31. The average molecular weight is 463 g/mol. The van der Waals surface area contributed by atoms with E-state index in [2.05, 4.69) is 10.3 Å². The van der Waals surface area contributed by atoms with E-state index >= 15 is 0 Å². The van der Waals surface area contributed by atoms with Crippen molar-refractivity contribution in [3.8, 4) is 16.9 Å². The van der Waals surface area contributed by atoms with Gasteiger partial charge in [0.25, 0.3) is 0 Å². The third-order valence-corrected chi connectivity index (χ3v) is 6.68. The fraction of sp³-hybridized carbons (Fsp3) is 0.333. The maximum atomic E-state index is 12.1. The van der Waals surface area contributed by atoms with Gasteiger partial charge in [-0.05, 0) is 55.8 Å². The fourth-order valence-corrected chi connectivity index (χ4v) is 4.92. The number of ether oxygens (including phenoxy) is 1. The summed E-state index contributed by atoms with van der Waals surface area (Å²) in [5, 5.41) is 9.59. The predicted octanol–water partition coefficient (Wildman–Crippen LogP) is 4.21. The van der Waals surface area contributed by atoms with Crippen LogP contribution in [0.15, 0.2) is 41.1 Å². The number of nitrogens with zero attached hydrogens (tertiary/aromatic N) is 5. The molecule has 1 fully saturated rings. The molecular weight excluding hydrogens is 436 g/mol. The van der Waals surface area contributed by atoms with Crippen LogP contribution in [0.3, 0.4) is 0 Å². The maximum absolute atomic E-state index is 12.1. The molecule has 170 valence electrons. The third kappa shape index (κ3) is 4.04. The molecule has 33 heavy (non-hydrogen) atoms. The molecular formula is C24H26N6O2S. The van der Waals surface area contributed by atoms with Crippen molar-refractivity contribution < 1.29 is 9.53 Å². The molecule has 0 aliphatic carbocycles. The molecule has 0 spiro atoms. The van der Waals surface area contributed by atoms with Gasteiger partial charge in [-0.1, -0.05) is 12.1 Å². The highest BCUT2D eigenvalue weighted by Crippen LogP contribution is 2.35. The molecule has 1 aliphatic rings. The van der Waals surface area contributed by atoms with Gasteiger partial charge in [-0.15, -0.1) is 5.10 Å². The molecule has 1 aliphatic heterocycles. The van der Waals surface area contributed by atoms with Crippen molar-refractivity contribution in [2.75, 3.05) is 30.3 Å². The van der Waals surface area contributed by atoms with Gasteiger partial charge in [0.2, 0.25) is 5.95 Å². The molecule has 0 radical (unpaired) electrons. The van der Waals surface area contributed by atoms with E-state index in [4.69, 9.17) is 25.5 Å². The summed E-state index contributed by atoms with van der Waals surface area (Å²) in [6, 6.07) is 10.1. The normalized spacial score (nSPS) is 14.7. The first-order chi connectivity index (χ1) is 16.0. The number of aromatic nitrogens is 4. The number of nitrogen functional groups attached to an aromatic ring is 1. The minimum atomic E-state index is -0.114. The third-order valence-electron chi connectivity index (χ3n) is 6.00. The van der Waals surface area contributed by atoms with E-state index in [0.29, 0.717) is 50.0 Å². The summed E-state index contributed by atoms with van der Waals surface area (Å²) in [7, 11) is 0. The second-order valence-electron chi connectivity index (χ2n) is 8.23. The Balaban J connectivity index is 1.56. The van der Waals surface area contributed by atoms with Crippen molar-refractivity contribution in [2.24, 2.45) is 5.92 Å². The molecule has 3 aromatic heterocycles. The Bertz CT molecular complexity index is 1290. The largest absolute Gasteiger partial charge is 0.466 e. The SMILES string of the molecule is CCOC(=O)C1CCN(c2nc(-c3ccsc3)c3c(N)n(-c4cccc(C)c4)nc3n2)CC1. The molecule has 4 heterocycles. The summed E-state index contributed by atoms with van der Waals surface area (Å²) < 4.78 is 6.94. The number of esters is 1. The van der Waals surface area contributed by atoms with Crippen molar-refractivity contribution in [3.05, 3.63) is 46.7 Å².